The minimum Gasteiger partial charge on any atom is -0.543 e. The molecule has 1 rings (SSSR count). The van der Waals surface area contributed by atoms with Crippen LogP contribution in [0.4, 0.5) is 0 Å². The Morgan fingerprint density at radius 2 is 1.50 bits per heavy atom. The number of carbonyl (C=O) groups is 2. The molecule has 0 heterocycles. The van der Waals surface area contributed by atoms with Crippen molar-refractivity contribution in [2.75, 3.05) is 0 Å². The second kappa shape index (κ2) is 8.67. The van der Waals surface area contributed by atoms with Gasteiger partial charge in [0.25, 0.3) is 0 Å². The number of carboxylic acid groups (broad SMARTS) is 2. The molecule has 0 saturated heterocycles. The number of aliphatic carboxylic acids is 2. The Morgan fingerprint density at radius 1 is 1.06 bits per heavy atom. The van der Waals surface area contributed by atoms with E-state index in [-0.39, 0.29) is 33.1 Å². The summed E-state index contributed by atoms with van der Waals surface area (Å²) in [5.74, 6) is -3.58. The molecule has 0 aliphatic heterocycles. The summed E-state index contributed by atoms with van der Waals surface area (Å²) in [4.78, 5) is 17.9. The van der Waals surface area contributed by atoms with Gasteiger partial charge in [-0.05, 0) is 25.2 Å². The summed E-state index contributed by atoms with van der Waals surface area (Å²) < 4.78 is 0. The smallest absolute Gasteiger partial charge is 0.543 e. The van der Waals surface area contributed by atoms with E-state index in [9.17, 15) is 0 Å². The molecule has 0 amide bonds. The minimum atomic E-state index is -2.19. The van der Waals surface area contributed by atoms with Gasteiger partial charge in [-0.3, -0.25) is 0 Å². The summed E-state index contributed by atoms with van der Waals surface area (Å²) in [7, 11) is 0. The van der Waals surface area contributed by atoms with Crippen molar-refractivity contribution in [3.8, 4) is 0 Å². The maximum atomic E-state index is 8.93. The molecule has 0 bridgehead atoms. The number of carboxylic acids is 2. The Labute approximate surface area is 109 Å². The van der Waals surface area contributed by atoms with Crippen molar-refractivity contribution < 1.29 is 40.9 Å². The molecule has 16 heavy (non-hydrogen) atoms. The van der Waals surface area contributed by atoms with Gasteiger partial charge in [-0.2, -0.15) is 0 Å². The van der Waals surface area contributed by atoms with Gasteiger partial charge in [0, 0.05) is 12.1 Å². The molecule has 6 nitrogen and oxygen atoms in total. The van der Waals surface area contributed by atoms with Gasteiger partial charge in [0.2, 0.25) is 0 Å². The van der Waals surface area contributed by atoms with E-state index in [1.54, 1.807) is 0 Å². The summed E-state index contributed by atoms with van der Waals surface area (Å²) in [6, 6.07) is 0.523. The second-order valence-electron chi connectivity index (χ2n) is 3.82. The van der Waals surface area contributed by atoms with Crippen LogP contribution in [0, 0.1) is 5.92 Å². The van der Waals surface area contributed by atoms with Gasteiger partial charge < -0.3 is 31.3 Å². The van der Waals surface area contributed by atoms with Crippen LogP contribution in [0.1, 0.15) is 26.2 Å². The third-order valence-corrected chi connectivity index (χ3v) is 2.38. The summed E-state index contributed by atoms with van der Waals surface area (Å²) in [6.45, 7) is 2.24. The summed E-state index contributed by atoms with van der Waals surface area (Å²) in [6.07, 6.45) is 3.48. The Hall–Kier alpha value is -0.452. The molecule has 1 aliphatic rings. The molecule has 0 aromatic rings. The number of nitrogens with two attached hydrogens (primary N) is 2. The van der Waals surface area contributed by atoms with Crippen molar-refractivity contribution in [3.63, 3.8) is 0 Å². The van der Waals surface area contributed by atoms with E-state index in [0.29, 0.717) is 0 Å². The normalized spacial score (nSPS) is 28.1. The zero-order chi connectivity index (χ0) is 12.0. The number of hydrogen-bond acceptors (Lipinski definition) is 6. The first-order valence-corrected chi connectivity index (χ1v) is 4.78. The molecule has 1 saturated carbocycles. The Kier molecular flexibility index (Phi) is 9.72. The third kappa shape index (κ3) is 7.79. The number of carbonyl (C=O) groups excluding carboxylic acids is 2. The van der Waals surface area contributed by atoms with Crippen LogP contribution in [-0.4, -0.2) is 24.0 Å². The van der Waals surface area contributed by atoms with Gasteiger partial charge in [-0.15, -0.1) is 0 Å². The number of rotatable bonds is 0. The van der Waals surface area contributed by atoms with Gasteiger partial charge in [-0.25, -0.2) is 0 Å². The predicted molar refractivity (Wildman–Crippen MR) is 49.0 cm³/mol. The van der Waals surface area contributed by atoms with Gasteiger partial charge >= 0.3 is 21.1 Å². The molecule has 96 valence electrons. The van der Waals surface area contributed by atoms with Crippen LogP contribution >= 0.6 is 0 Å². The van der Waals surface area contributed by atoms with Crippen LogP contribution < -0.4 is 21.7 Å². The monoisotopic (exact) mass is 411 g/mol. The maximum absolute atomic E-state index is 8.93. The van der Waals surface area contributed by atoms with Gasteiger partial charge in [-0.1, -0.05) is 6.92 Å². The Balaban J connectivity index is 0. The average molecular weight is 411 g/mol. The van der Waals surface area contributed by atoms with Crippen molar-refractivity contribution in [3.05, 3.63) is 0 Å². The quantitative estimate of drug-likeness (QED) is 0.407. The molecule has 0 aromatic carbocycles. The van der Waals surface area contributed by atoms with Crippen LogP contribution in [0.15, 0.2) is 0 Å². The van der Waals surface area contributed by atoms with Crippen LogP contribution in [-0.2, 0) is 30.7 Å². The first kappa shape index (κ1) is 17.9. The van der Waals surface area contributed by atoms with E-state index >= 15 is 0 Å². The van der Waals surface area contributed by atoms with Gasteiger partial charge in [0.1, 0.15) is 0 Å². The summed E-state index contributed by atoms with van der Waals surface area (Å²) in [5, 5.41) is 17.9. The van der Waals surface area contributed by atoms with E-state index in [1.165, 1.54) is 6.42 Å². The van der Waals surface area contributed by atoms with Crippen molar-refractivity contribution in [1.82, 2.24) is 0 Å². The first-order chi connectivity index (χ1) is 6.84. The first-order valence-electron chi connectivity index (χ1n) is 4.78. The topological polar surface area (TPSA) is 132 Å². The zero-order valence-corrected chi connectivity index (χ0v) is 11.2. The van der Waals surface area contributed by atoms with Crippen molar-refractivity contribution in [2.45, 2.75) is 38.3 Å². The third-order valence-electron chi connectivity index (χ3n) is 2.38. The average Bonchev–Trinajstić information content (AvgIpc) is 2.13. The SMILES string of the molecule is CC1CC[C@@H](N)[C@H](N)C1.O=C([O-])C(=O)[O-].[Pt+2]. The molecule has 1 unspecified atom stereocenters. The fourth-order valence-corrected chi connectivity index (χ4v) is 1.45. The molecule has 1 aliphatic carbocycles. The van der Waals surface area contributed by atoms with Crippen LogP contribution in [0.5, 0.6) is 0 Å². The van der Waals surface area contributed by atoms with Crippen LogP contribution in [0.2, 0.25) is 0 Å². The molecule has 7 heteroatoms. The van der Waals surface area contributed by atoms with E-state index in [2.05, 4.69) is 6.92 Å². The molecular weight excluding hydrogens is 395 g/mol. The number of hydrogen-bond donors (Lipinski definition) is 2. The van der Waals surface area contributed by atoms with Crippen LogP contribution in [0.25, 0.3) is 0 Å². The van der Waals surface area contributed by atoms with Gasteiger partial charge in [0.05, 0.1) is 11.9 Å². The van der Waals surface area contributed by atoms with Crippen molar-refractivity contribution in [2.24, 2.45) is 17.4 Å². The predicted octanol–water partition coefficient (Wildman–Crippen LogP) is -3.06. The molecule has 3 atom stereocenters. The molecule has 1 fully saturated rings. The minimum absolute atomic E-state index is 0. The van der Waals surface area contributed by atoms with Crippen LogP contribution in [0.3, 0.4) is 0 Å². The second-order valence-corrected chi connectivity index (χ2v) is 3.82. The molecular formula is C9H16N2O4Pt. The molecule has 4 N–H and O–H groups in total. The Bertz CT molecular complexity index is 226. The van der Waals surface area contributed by atoms with E-state index in [4.69, 9.17) is 31.3 Å². The Morgan fingerprint density at radius 3 is 1.75 bits per heavy atom. The maximum Gasteiger partial charge on any atom is 2.00 e. The summed E-state index contributed by atoms with van der Waals surface area (Å²) >= 11 is 0. The standard InChI is InChI=1S/C7H16N2.C2H2O4.Pt/c1-5-2-3-6(8)7(9)4-5;3-1(4)2(5)6;/h5-7H,2-4,8-9H2,1H3;(H,3,4)(H,5,6);/q;;+2/p-2/t5?,6-,7-;;/m1../s1. The molecule has 0 aromatic heterocycles. The van der Waals surface area contributed by atoms with E-state index < -0.39 is 11.9 Å². The zero-order valence-electron chi connectivity index (χ0n) is 8.96. The van der Waals surface area contributed by atoms with E-state index in [0.717, 1.165) is 18.8 Å². The summed E-state index contributed by atoms with van der Waals surface area (Å²) in [5.41, 5.74) is 11.5. The van der Waals surface area contributed by atoms with E-state index in [1.807, 2.05) is 0 Å². The largest absolute Gasteiger partial charge is 2.00 e. The molecule has 0 spiro atoms. The van der Waals surface area contributed by atoms with Crippen molar-refractivity contribution >= 4 is 11.9 Å². The fraction of sp³-hybridized carbons (Fsp3) is 0.778. The fourth-order valence-electron chi connectivity index (χ4n) is 1.45. The molecule has 0 radical (unpaired) electrons. The van der Waals surface area contributed by atoms with Crippen molar-refractivity contribution in [1.29, 1.82) is 0 Å². The van der Waals surface area contributed by atoms with Gasteiger partial charge in [0.15, 0.2) is 0 Å².